The van der Waals surface area contributed by atoms with Gasteiger partial charge in [0.1, 0.15) is 23.7 Å². The Morgan fingerprint density at radius 2 is 1.82 bits per heavy atom. The number of hydrogen-bond acceptors (Lipinski definition) is 5. The lowest BCUT2D eigenvalue weighted by molar-refractivity contribution is -0.156. The van der Waals surface area contributed by atoms with Crippen LogP contribution in [0.2, 0.25) is 15.1 Å². The van der Waals surface area contributed by atoms with Gasteiger partial charge in [0.05, 0.1) is 23.2 Å². The summed E-state index contributed by atoms with van der Waals surface area (Å²) in [5.74, 6) is 1.28. The molecule has 1 aliphatic heterocycles. The van der Waals surface area contributed by atoms with Crippen molar-refractivity contribution in [3.05, 3.63) is 56.5 Å². The minimum absolute atomic E-state index is 0.155. The Kier molecular flexibility index (Phi) is 8.67. The molecule has 0 saturated heterocycles. The second-order valence-corrected chi connectivity index (χ2v) is 11.1. The largest absolute Gasteiger partial charge is 0.492 e. The Morgan fingerprint density at radius 1 is 1.15 bits per heavy atom. The van der Waals surface area contributed by atoms with Gasteiger partial charge in [0.15, 0.2) is 0 Å². The smallest absolute Gasteiger partial charge is 0.320 e. The van der Waals surface area contributed by atoms with Crippen LogP contribution in [-0.4, -0.2) is 42.7 Å². The standard InChI is InChI=1S/C26H32Cl3NO4/c1-6-30(14-24(31)34-25(2,3)4)10-9-26(5)16-33-23-13-18(7-8-20(23)26)32-15-19-21(28)11-17(27)12-22(19)29/h7-8,11-13H,6,9-10,14-16H2,1-5H3. The van der Waals surface area contributed by atoms with E-state index in [1.165, 1.54) is 0 Å². The maximum Gasteiger partial charge on any atom is 0.320 e. The molecule has 186 valence electrons. The third-order valence-electron chi connectivity index (χ3n) is 5.84. The van der Waals surface area contributed by atoms with E-state index < -0.39 is 5.60 Å². The Morgan fingerprint density at radius 3 is 2.44 bits per heavy atom. The average Bonchev–Trinajstić information content (AvgIpc) is 3.05. The molecular weight excluding hydrogens is 497 g/mol. The van der Waals surface area contributed by atoms with Gasteiger partial charge in [-0.3, -0.25) is 9.69 Å². The van der Waals surface area contributed by atoms with Gasteiger partial charge in [0.2, 0.25) is 0 Å². The molecule has 1 heterocycles. The molecule has 0 fully saturated rings. The van der Waals surface area contributed by atoms with Crippen LogP contribution in [0.15, 0.2) is 30.3 Å². The molecule has 0 aromatic heterocycles. The van der Waals surface area contributed by atoms with Gasteiger partial charge in [-0.2, -0.15) is 0 Å². The van der Waals surface area contributed by atoms with E-state index in [0.29, 0.717) is 33.0 Å². The summed E-state index contributed by atoms with van der Waals surface area (Å²) in [4.78, 5) is 14.3. The first kappa shape index (κ1) is 26.9. The van der Waals surface area contributed by atoms with Crippen LogP contribution in [0.4, 0.5) is 0 Å². The minimum Gasteiger partial charge on any atom is -0.492 e. The molecule has 2 aromatic carbocycles. The summed E-state index contributed by atoms with van der Waals surface area (Å²) in [6, 6.07) is 9.17. The molecule has 0 amide bonds. The van der Waals surface area contributed by atoms with Crippen LogP contribution in [0.25, 0.3) is 0 Å². The van der Waals surface area contributed by atoms with Crippen LogP contribution in [0.5, 0.6) is 11.5 Å². The van der Waals surface area contributed by atoms with E-state index >= 15 is 0 Å². The predicted octanol–water partition coefficient (Wildman–Crippen LogP) is 6.93. The van der Waals surface area contributed by atoms with Crippen molar-refractivity contribution < 1.29 is 19.0 Å². The van der Waals surface area contributed by atoms with E-state index in [2.05, 4.69) is 18.7 Å². The van der Waals surface area contributed by atoms with Crippen LogP contribution < -0.4 is 9.47 Å². The normalized spacial score (nSPS) is 17.4. The monoisotopic (exact) mass is 527 g/mol. The van der Waals surface area contributed by atoms with Gasteiger partial charge >= 0.3 is 5.97 Å². The summed E-state index contributed by atoms with van der Waals surface area (Å²) in [5, 5.41) is 1.42. The molecule has 0 saturated carbocycles. The number of rotatable bonds is 9. The summed E-state index contributed by atoms with van der Waals surface area (Å²) in [5.41, 5.74) is 1.18. The van der Waals surface area contributed by atoms with Crippen molar-refractivity contribution in [1.82, 2.24) is 4.90 Å². The van der Waals surface area contributed by atoms with Crippen molar-refractivity contribution in [1.29, 1.82) is 0 Å². The Hall–Kier alpha value is -1.66. The molecule has 2 aromatic rings. The number of fused-ring (bicyclic) bond motifs is 1. The van der Waals surface area contributed by atoms with Crippen LogP contribution in [0.1, 0.15) is 52.2 Å². The zero-order chi connectivity index (χ0) is 25.1. The first-order valence-electron chi connectivity index (χ1n) is 11.4. The fraction of sp³-hybridized carbons (Fsp3) is 0.500. The Balaban J connectivity index is 1.62. The number of carbonyl (C=O) groups is 1. The zero-order valence-corrected chi connectivity index (χ0v) is 22.6. The van der Waals surface area contributed by atoms with Gasteiger partial charge in [-0.25, -0.2) is 0 Å². The van der Waals surface area contributed by atoms with E-state index in [4.69, 9.17) is 49.0 Å². The van der Waals surface area contributed by atoms with Gasteiger partial charge in [0.25, 0.3) is 0 Å². The zero-order valence-electron chi connectivity index (χ0n) is 20.3. The fourth-order valence-corrected chi connectivity index (χ4v) is 4.83. The van der Waals surface area contributed by atoms with Gasteiger partial charge in [0, 0.05) is 27.6 Å². The van der Waals surface area contributed by atoms with Crippen molar-refractivity contribution >= 4 is 40.8 Å². The lowest BCUT2D eigenvalue weighted by atomic mass is 9.81. The fourth-order valence-electron chi connectivity index (χ4n) is 3.91. The summed E-state index contributed by atoms with van der Waals surface area (Å²) in [7, 11) is 0. The summed E-state index contributed by atoms with van der Waals surface area (Å²) < 4.78 is 17.4. The number of benzene rings is 2. The van der Waals surface area contributed by atoms with Crippen LogP contribution in [0.3, 0.4) is 0 Å². The van der Waals surface area contributed by atoms with E-state index in [-0.39, 0.29) is 24.5 Å². The molecule has 34 heavy (non-hydrogen) atoms. The van der Waals surface area contributed by atoms with Crippen molar-refractivity contribution in [2.75, 3.05) is 26.2 Å². The topological polar surface area (TPSA) is 48.0 Å². The molecule has 8 heteroatoms. The van der Waals surface area contributed by atoms with E-state index in [0.717, 1.165) is 30.8 Å². The highest BCUT2D eigenvalue weighted by atomic mass is 35.5. The molecule has 0 aliphatic carbocycles. The number of halogens is 3. The highest BCUT2D eigenvalue weighted by Gasteiger charge is 2.36. The molecule has 0 N–H and O–H groups in total. The quantitative estimate of drug-likeness (QED) is 0.330. The lowest BCUT2D eigenvalue weighted by Crippen LogP contribution is -2.38. The molecule has 1 unspecified atom stereocenters. The highest BCUT2D eigenvalue weighted by Crippen LogP contribution is 2.43. The number of likely N-dealkylation sites (N-methyl/N-ethyl adjacent to an activating group) is 1. The van der Waals surface area contributed by atoms with Crippen molar-refractivity contribution in [2.24, 2.45) is 0 Å². The summed E-state index contributed by atoms with van der Waals surface area (Å²) in [6.07, 6.45) is 0.854. The van der Waals surface area contributed by atoms with Gasteiger partial charge < -0.3 is 14.2 Å². The predicted molar refractivity (Wildman–Crippen MR) is 138 cm³/mol. The Bertz CT molecular complexity index is 1010. The molecule has 5 nitrogen and oxygen atoms in total. The molecular formula is C26H32Cl3NO4. The van der Waals surface area contributed by atoms with Crippen LogP contribution in [0, 0.1) is 0 Å². The number of ether oxygens (including phenoxy) is 3. The third kappa shape index (κ3) is 6.94. The number of carbonyl (C=O) groups excluding carboxylic acids is 1. The van der Waals surface area contributed by atoms with E-state index in [1.807, 2.05) is 39.0 Å². The van der Waals surface area contributed by atoms with Crippen LogP contribution in [-0.2, 0) is 21.6 Å². The second-order valence-electron chi connectivity index (χ2n) is 9.85. The van der Waals surface area contributed by atoms with Gasteiger partial charge in [-0.15, -0.1) is 0 Å². The van der Waals surface area contributed by atoms with Crippen LogP contribution >= 0.6 is 34.8 Å². The average molecular weight is 529 g/mol. The molecule has 1 atom stereocenters. The number of hydrogen-bond donors (Lipinski definition) is 0. The third-order valence-corrected chi connectivity index (χ3v) is 6.73. The maximum atomic E-state index is 12.2. The maximum absolute atomic E-state index is 12.2. The van der Waals surface area contributed by atoms with Crippen molar-refractivity contribution in [2.45, 2.75) is 58.7 Å². The number of esters is 1. The van der Waals surface area contributed by atoms with E-state index in [1.54, 1.807) is 12.1 Å². The summed E-state index contributed by atoms with van der Waals surface area (Å²) in [6.45, 7) is 12.5. The highest BCUT2D eigenvalue weighted by molar-refractivity contribution is 6.39. The molecule has 1 aliphatic rings. The molecule has 3 rings (SSSR count). The van der Waals surface area contributed by atoms with Crippen molar-refractivity contribution in [3.63, 3.8) is 0 Å². The van der Waals surface area contributed by atoms with E-state index in [9.17, 15) is 4.79 Å². The lowest BCUT2D eigenvalue weighted by Gasteiger charge is -2.28. The number of nitrogens with zero attached hydrogens (tertiary/aromatic N) is 1. The first-order chi connectivity index (χ1) is 15.9. The summed E-state index contributed by atoms with van der Waals surface area (Å²) >= 11 is 18.5. The molecule has 0 radical (unpaired) electrons. The van der Waals surface area contributed by atoms with Gasteiger partial charge in [-0.05, 0) is 58.5 Å². The van der Waals surface area contributed by atoms with Crippen molar-refractivity contribution in [3.8, 4) is 11.5 Å². The minimum atomic E-state index is -0.481. The second kappa shape index (κ2) is 10.9. The first-order valence-corrected chi connectivity index (χ1v) is 12.5. The molecule has 0 spiro atoms. The SMILES string of the molecule is CCN(CCC1(C)COc2cc(OCc3c(Cl)cc(Cl)cc3Cl)ccc21)CC(=O)OC(C)(C)C. The Labute approximate surface area is 217 Å². The van der Waals surface area contributed by atoms with Gasteiger partial charge in [-0.1, -0.05) is 54.7 Å². The molecule has 0 bridgehead atoms.